The smallest absolute Gasteiger partial charge is 0.118 e. The van der Waals surface area contributed by atoms with Gasteiger partial charge in [0.1, 0.15) is 5.75 Å². The Morgan fingerprint density at radius 2 is 2.10 bits per heavy atom. The van der Waals surface area contributed by atoms with Crippen molar-refractivity contribution in [2.24, 2.45) is 11.3 Å². The molecule has 1 heteroatoms. The van der Waals surface area contributed by atoms with E-state index in [1.54, 1.807) is 11.6 Å². The monoisotopic (exact) mass is 268 g/mol. The van der Waals surface area contributed by atoms with Gasteiger partial charge in [0, 0.05) is 0 Å². The highest BCUT2D eigenvalue weighted by Gasteiger charge is 2.42. The van der Waals surface area contributed by atoms with E-state index >= 15 is 0 Å². The molecule has 0 amide bonds. The highest BCUT2D eigenvalue weighted by Crippen LogP contribution is 2.53. The Balaban J connectivity index is 1.71. The second kappa shape index (κ2) is 5.12. The molecule has 1 aromatic rings. The van der Waals surface area contributed by atoms with Gasteiger partial charge in [0.25, 0.3) is 0 Å². The highest BCUT2D eigenvalue weighted by atomic mass is 16.3. The third kappa shape index (κ3) is 2.30. The maximum atomic E-state index is 9.89. The van der Waals surface area contributed by atoms with Crippen molar-refractivity contribution in [1.82, 2.24) is 0 Å². The molecule has 1 N–H and O–H groups in total. The van der Waals surface area contributed by atoms with E-state index in [0.29, 0.717) is 11.2 Å². The van der Waals surface area contributed by atoms with Gasteiger partial charge in [-0.15, -0.1) is 0 Å². The summed E-state index contributed by atoms with van der Waals surface area (Å²) in [5.41, 5.74) is 4.54. The van der Waals surface area contributed by atoms with E-state index in [1.165, 1.54) is 31.3 Å². The molecule has 1 fully saturated rings. The number of phenols is 1. The SMILES string of the molecule is CC1=CCC2(C)C(=C1)CCC2CCc1ccccc1O. The number of hydrogen-bond donors (Lipinski definition) is 1. The Bertz CT molecular complexity index is 567. The van der Waals surface area contributed by atoms with E-state index in [2.05, 4.69) is 26.0 Å². The van der Waals surface area contributed by atoms with Crippen molar-refractivity contribution in [3.05, 3.63) is 53.1 Å². The van der Waals surface area contributed by atoms with Crippen molar-refractivity contribution in [2.75, 3.05) is 0 Å². The first-order valence-corrected chi connectivity index (χ1v) is 7.74. The fraction of sp³-hybridized carbons (Fsp3) is 0.474. The first-order chi connectivity index (χ1) is 9.59. The van der Waals surface area contributed by atoms with Crippen LogP contribution in [0.5, 0.6) is 5.75 Å². The zero-order chi connectivity index (χ0) is 14.2. The molecule has 1 nitrogen and oxygen atoms in total. The van der Waals surface area contributed by atoms with Gasteiger partial charge >= 0.3 is 0 Å². The number of phenolic OH excluding ortho intramolecular Hbond substituents is 1. The van der Waals surface area contributed by atoms with E-state index in [4.69, 9.17) is 0 Å². The predicted molar refractivity (Wildman–Crippen MR) is 83.7 cm³/mol. The molecule has 0 heterocycles. The van der Waals surface area contributed by atoms with E-state index in [1.807, 2.05) is 18.2 Å². The summed E-state index contributed by atoms with van der Waals surface area (Å²) in [6, 6.07) is 7.76. The minimum atomic E-state index is 0.365. The van der Waals surface area contributed by atoms with Crippen molar-refractivity contribution >= 4 is 0 Å². The summed E-state index contributed by atoms with van der Waals surface area (Å²) in [4.78, 5) is 0. The highest BCUT2D eigenvalue weighted by molar-refractivity contribution is 5.36. The van der Waals surface area contributed by atoms with Crippen LogP contribution in [0.1, 0.15) is 45.1 Å². The van der Waals surface area contributed by atoms with Crippen molar-refractivity contribution in [3.8, 4) is 5.75 Å². The van der Waals surface area contributed by atoms with Crippen LogP contribution in [0.15, 0.2) is 47.6 Å². The average molecular weight is 268 g/mol. The molecule has 2 aliphatic rings. The zero-order valence-electron chi connectivity index (χ0n) is 12.5. The Labute approximate surface area is 122 Å². The van der Waals surface area contributed by atoms with Crippen molar-refractivity contribution in [1.29, 1.82) is 0 Å². The molecule has 2 aliphatic carbocycles. The second-order valence-electron chi connectivity index (χ2n) is 6.64. The van der Waals surface area contributed by atoms with Crippen LogP contribution in [0.25, 0.3) is 0 Å². The fourth-order valence-corrected chi connectivity index (χ4v) is 3.95. The number of hydrogen-bond acceptors (Lipinski definition) is 1. The Kier molecular flexibility index (Phi) is 3.45. The van der Waals surface area contributed by atoms with Crippen LogP contribution >= 0.6 is 0 Å². The van der Waals surface area contributed by atoms with Gasteiger partial charge in [-0.05, 0) is 62.0 Å². The number of aryl methyl sites for hydroxylation is 1. The fourth-order valence-electron chi connectivity index (χ4n) is 3.95. The normalized spacial score (nSPS) is 28.8. The molecule has 0 aliphatic heterocycles. The quantitative estimate of drug-likeness (QED) is 0.816. The van der Waals surface area contributed by atoms with Crippen LogP contribution in [-0.2, 0) is 6.42 Å². The minimum Gasteiger partial charge on any atom is -0.508 e. The molecule has 2 atom stereocenters. The number of allylic oxidation sites excluding steroid dienone is 4. The summed E-state index contributed by atoms with van der Waals surface area (Å²) in [7, 11) is 0. The van der Waals surface area contributed by atoms with Gasteiger partial charge in [-0.1, -0.05) is 48.4 Å². The summed E-state index contributed by atoms with van der Waals surface area (Å²) >= 11 is 0. The largest absolute Gasteiger partial charge is 0.508 e. The van der Waals surface area contributed by atoms with Crippen molar-refractivity contribution in [2.45, 2.75) is 46.0 Å². The molecule has 0 bridgehead atoms. The molecule has 1 saturated carbocycles. The third-order valence-corrected chi connectivity index (χ3v) is 5.40. The second-order valence-corrected chi connectivity index (χ2v) is 6.64. The third-order valence-electron chi connectivity index (χ3n) is 5.40. The van der Waals surface area contributed by atoms with Crippen LogP contribution < -0.4 is 0 Å². The van der Waals surface area contributed by atoms with Gasteiger partial charge in [-0.3, -0.25) is 0 Å². The summed E-state index contributed by atoms with van der Waals surface area (Å²) < 4.78 is 0. The van der Waals surface area contributed by atoms with Crippen LogP contribution in [0.4, 0.5) is 0 Å². The van der Waals surface area contributed by atoms with E-state index in [-0.39, 0.29) is 0 Å². The van der Waals surface area contributed by atoms with Crippen molar-refractivity contribution < 1.29 is 5.11 Å². The molecular weight excluding hydrogens is 244 g/mol. The molecule has 0 aromatic heterocycles. The number of fused-ring (bicyclic) bond motifs is 1. The number of aromatic hydroxyl groups is 1. The maximum Gasteiger partial charge on any atom is 0.118 e. The van der Waals surface area contributed by atoms with Gasteiger partial charge < -0.3 is 5.11 Å². The molecular formula is C19H24O. The molecule has 106 valence electrons. The molecule has 0 saturated heterocycles. The minimum absolute atomic E-state index is 0.365. The Hall–Kier alpha value is -1.50. The molecule has 0 spiro atoms. The lowest BCUT2D eigenvalue weighted by Crippen LogP contribution is -2.25. The standard InChI is InChI=1S/C19H24O/c1-14-11-12-19(2)16(9-10-17(19)13-14)8-7-15-5-3-4-6-18(15)20/h3-6,11,13,16,20H,7-10,12H2,1-2H3. The van der Waals surface area contributed by atoms with Gasteiger partial charge in [-0.25, -0.2) is 0 Å². The van der Waals surface area contributed by atoms with Gasteiger partial charge in [0.05, 0.1) is 0 Å². The lowest BCUT2D eigenvalue weighted by atomic mass is 9.70. The molecule has 20 heavy (non-hydrogen) atoms. The summed E-state index contributed by atoms with van der Waals surface area (Å²) in [5.74, 6) is 1.20. The van der Waals surface area contributed by atoms with Crippen LogP contribution in [0, 0.1) is 11.3 Å². The van der Waals surface area contributed by atoms with Crippen LogP contribution in [-0.4, -0.2) is 5.11 Å². The van der Waals surface area contributed by atoms with Crippen molar-refractivity contribution in [3.63, 3.8) is 0 Å². The first-order valence-electron chi connectivity index (χ1n) is 7.74. The molecule has 1 aromatic carbocycles. The van der Waals surface area contributed by atoms with E-state index < -0.39 is 0 Å². The zero-order valence-corrected chi connectivity index (χ0v) is 12.5. The predicted octanol–water partition coefficient (Wildman–Crippen LogP) is 5.02. The van der Waals surface area contributed by atoms with Gasteiger partial charge in [-0.2, -0.15) is 0 Å². The molecule has 3 rings (SSSR count). The van der Waals surface area contributed by atoms with E-state index in [0.717, 1.165) is 17.9 Å². The molecule has 0 radical (unpaired) electrons. The van der Waals surface area contributed by atoms with Gasteiger partial charge in [0.15, 0.2) is 0 Å². The summed E-state index contributed by atoms with van der Waals surface area (Å²) in [6.07, 6.45) is 10.7. The lowest BCUT2D eigenvalue weighted by molar-refractivity contribution is 0.259. The topological polar surface area (TPSA) is 20.2 Å². The number of rotatable bonds is 3. The summed E-state index contributed by atoms with van der Waals surface area (Å²) in [6.45, 7) is 4.65. The summed E-state index contributed by atoms with van der Waals surface area (Å²) in [5, 5.41) is 9.89. The van der Waals surface area contributed by atoms with Gasteiger partial charge in [0.2, 0.25) is 0 Å². The average Bonchev–Trinajstić information content (AvgIpc) is 2.75. The maximum absolute atomic E-state index is 9.89. The van der Waals surface area contributed by atoms with Crippen LogP contribution in [0.2, 0.25) is 0 Å². The van der Waals surface area contributed by atoms with E-state index in [9.17, 15) is 5.11 Å². The number of benzene rings is 1. The Morgan fingerprint density at radius 3 is 2.90 bits per heavy atom. The van der Waals surface area contributed by atoms with Crippen LogP contribution in [0.3, 0.4) is 0 Å². The first kappa shape index (κ1) is 13.5. The molecule has 2 unspecified atom stereocenters. The Morgan fingerprint density at radius 1 is 1.30 bits per heavy atom. The lowest BCUT2D eigenvalue weighted by Gasteiger charge is -2.35. The number of para-hydroxylation sites is 1.